The predicted octanol–water partition coefficient (Wildman–Crippen LogP) is 5.80. The van der Waals surface area contributed by atoms with Crippen molar-refractivity contribution in [3.63, 3.8) is 0 Å². The maximum atomic E-state index is 12.4. The molecule has 6 rings (SSSR count). The quantitative estimate of drug-likeness (QED) is 0.503. The third-order valence-electron chi connectivity index (χ3n) is 8.47. The van der Waals surface area contributed by atoms with Crippen LogP contribution in [0, 0.1) is 0 Å². The number of nitrogens with zero attached hydrogens (tertiary/aromatic N) is 2. The van der Waals surface area contributed by atoms with Gasteiger partial charge in [-0.15, -0.1) is 0 Å². The lowest BCUT2D eigenvalue weighted by molar-refractivity contribution is 0.0601. The first-order valence-corrected chi connectivity index (χ1v) is 13.0. The minimum absolute atomic E-state index is 0.267. The number of carbonyl (C=O) groups is 1. The molecule has 1 fully saturated rings. The molecule has 178 valence electrons. The Labute approximate surface area is 201 Å². The van der Waals surface area contributed by atoms with Crippen LogP contribution in [0.2, 0.25) is 0 Å². The van der Waals surface area contributed by atoms with E-state index in [9.17, 15) is 4.79 Å². The van der Waals surface area contributed by atoms with Gasteiger partial charge in [-0.25, -0.2) is 4.79 Å². The number of hydrogen-bond acceptors (Lipinski definition) is 4. The molecule has 1 aliphatic carbocycles. The van der Waals surface area contributed by atoms with E-state index in [0.717, 1.165) is 32.6 Å². The van der Waals surface area contributed by atoms with E-state index in [1.807, 2.05) is 6.07 Å². The summed E-state index contributed by atoms with van der Waals surface area (Å²) in [4.78, 5) is 15.0. The first-order valence-electron chi connectivity index (χ1n) is 13.0. The Morgan fingerprint density at radius 3 is 2.71 bits per heavy atom. The van der Waals surface area contributed by atoms with Crippen LogP contribution in [0.4, 0.5) is 5.69 Å². The molecule has 0 bridgehead atoms. The molecular formula is C29H35N3O2. The van der Waals surface area contributed by atoms with Crippen LogP contribution in [0.1, 0.15) is 78.3 Å². The molecule has 0 amide bonds. The molecule has 34 heavy (non-hydrogen) atoms. The number of carbonyl (C=O) groups excluding carboxylic acids is 1. The number of ether oxygens (including phenoxy) is 1. The topological polar surface area (TPSA) is 60.5 Å². The standard InChI is InChI=1S/C29H35N3O2/c1-34-29(33)21-10-11-23-25(18-21)32-17-16-31-15-13-19(12-14-30)22-8-5-9-24(27(22)31)28(32)26(23)20-6-3-2-4-7-20/h5,8-11,18-20H,2-4,6-7,12-17,30H2,1H3. The van der Waals surface area contributed by atoms with E-state index < -0.39 is 0 Å². The van der Waals surface area contributed by atoms with Gasteiger partial charge in [-0.1, -0.05) is 43.5 Å². The summed E-state index contributed by atoms with van der Waals surface area (Å²) in [5.74, 6) is 0.843. The number of rotatable bonds is 4. The summed E-state index contributed by atoms with van der Waals surface area (Å²) in [6, 6.07) is 13.1. The summed E-state index contributed by atoms with van der Waals surface area (Å²) < 4.78 is 7.57. The van der Waals surface area contributed by atoms with Gasteiger partial charge in [-0.05, 0) is 67.3 Å². The molecule has 0 saturated heterocycles. The summed E-state index contributed by atoms with van der Waals surface area (Å²) in [6.45, 7) is 3.74. The van der Waals surface area contributed by atoms with E-state index in [-0.39, 0.29) is 5.97 Å². The van der Waals surface area contributed by atoms with Gasteiger partial charge in [0.05, 0.1) is 18.4 Å². The Morgan fingerprint density at radius 1 is 1.06 bits per heavy atom. The molecule has 5 heteroatoms. The Bertz CT molecular complexity index is 1240. The van der Waals surface area contributed by atoms with E-state index in [4.69, 9.17) is 10.5 Å². The molecule has 2 aromatic carbocycles. The van der Waals surface area contributed by atoms with Crippen LogP contribution in [-0.2, 0) is 11.3 Å². The fourth-order valence-electron chi connectivity index (χ4n) is 6.91. The number of benzene rings is 2. The average Bonchev–Trinajstić information content (AvgIpc) is 3.11. The highest BCUT2D eigenvalue weighted by molar-refractivity contribution is 6.00. The second-order valence-electron chi connectivity index (χ2n) is 10.3. The fourth-order valence-corrected chi connectivity index (χ4v) is 6.91. The van der Waals surface area contributed by atoms with Crippen molar-refractivity contribution < 1.29 is 9.53 Å². The maximum absolute atomic E-state index is 12.4. The van der Waals surface area contributed by atoms with Gasteiger partial charge in [0, 0.05) is 41.8 Å². The van der Waals surface area contributed by atoms with Gasteiger partial charge in [0.15, 0.2) is 0 Å². The van der Waals surface area contributed by atoms with E-state index >= 15 is 0 Å². The lowest BCUT2D eigenvalue weighted by atomic mass is 9.80. The van der Waals surface area contributed by atoms with Crippen molar-refractivity contribution in [2.45, 2.75) is 63.3 Å². The highest BCUT2D eigenvalue weighted by atomic mass is 16.5. The first-order chi connectivity index (χ1) is 16.7. The summed E-state index contributed by atoms with van der Waals surface area (Å²) in [7, 11) is 1.46. The van der Waals surface area contributed by atoms with Crippen LogP contribution < -0.4 is 10.6 Å². The molecule has 2 N–H and O–H groups in total. The Hall–Kier alpha value is -2.79. The van der Waals surface area contributed by atoms with Crippen LogP contribution in [0.3, 0.4) is 0 Å². The number of fused-ring (bicyclic) bond motifs is 4. The molecule has 0 radical (unpaired) electrons. The number of anilines is 1. The average molecular weight is 458 g/mol. The lowest BCUT2D eigenvalue weighted by Crippen LogP contribution is -2.33. The van der Waals surface area contributed by atoms with Crippen LogP contribution in [0.15, 0.2) is 36.4 Å². The highest BCUT2D eigenvalue weighted by Gasteiger charge is 2.34. The maximum Gasteiger partial charge on any atom is 0.337 e. The SMILES string of the molecule is COC(=O)c1ccc2c(C3CCCCC3)c3n(c2c1)CCN1CCC(CCN)c2cccc-3c21. The van der Waals surface area contributed by atoms with Gasteiger partial charge in [0.1, 0.15) is 0 Å². The molecule has 3 heterocycles. The van der Waals surface area contributed by atoms with Crippen molar-refractivity contribution >= 4 is 22.6 Å². The molecular weight excluding hydrogens is 422 g/mol. The Morgan fingerprint density at radius 2 is 1.91 bits per heavy atom. The summed E-state index contributed by atoms with van der Waals surface area (Å²) in [5.41, 5.74) is 15.0. The largest absolute Gasteiger partial charge is 0.465 e. The minimum atomic E-state index is -0.267. The predicted molar refractivity (Wildman–Crippen MR) is 138 cm³/mol. The number of esters is 1. The van der Waals surface area contributed by atoms with Crippen molar-refractivity contribution in [2.24, 2.45) is 5.73 Å². The van der Waals surface area contributed by atoms with E-state index in [0.29, 0.717) is 17.4 Å². The minimum Gasteiger partial charge on any atom is -0.465 e. The molecule has 1 saturated carbocycles. The van der Waals surface area contributed by atoms with Gasteiger partial charge in [-0.2, -0.15) is 0 Å². The summed E-state index contributed by atoms with van der Waals surface area (Å²) >= 11 is 0. The third kappa shape index (κ3) is 3.36. The van der Waals surface area contributed by atoms with Crippen LogP contribution in [-0.4, -0.2) is 37.3 Å². The number of methoxy groups -OCH3 is 1. The summed E-state index contributed by atoms with van der Waals surface area (Å²) in [6.07, 6.45) is 8.66. The molecule has 2 aliphatic heterocycles. The molecule has 5 nitrogen and oxygen atoms in total. The van der Waals surface area contributed by atoms with Gasteiger partial charge < -0.3 is 19.9 Å². The second-order valence-corrected chi connectivity index (χ2v) is 10.3. The van der Waals surface area contributed by atoms with E-state index in [1.54, 1.807) is 0 Å². The number of nitrogens with two attached hydrogens (primary N) is 1. The van der Waals surface area contributed by atoms with Crippen molar-refractivity contribution in [3.8, 4) is 11.3 Å². The monoisotopic (exact) mass is 457 g/mol. The first kappa shape index (κ1) is 21.7. The van der Waals surface area contributed by atoms with Gasteiger partial charge >= 0.3 is 5.97 Å². The van der Waals surface area contributed by atoms with Crippen LogP contribution >= 0.6 is 0 Å². The highest BCUT2D eigenvalue weighted by Crippen LogP contribution is 2.50. The van der Waals surface area contributed by atoms with Crippen molar-refractivity contribution in [1.29, 1.82) is 0 Å². The van der Waals surface area contributed by atoms with Gasteiger partial charge in [-0.3, -0.25) is 0 Å². The van der Waals surface area contributed by atoms with Crippen molar-refractivity contribution in [1.82, 2.24) is 4.57 Å². The normalized spacial score (nSPS) is 20.1. The number of hydrogen-bond donors (Lipinski definition) is 1. The Balaban J connectivity index is 1.63. The molecule has 1 aromatic heterocycles. The van der Waals surface area contributed by atoms with Crippen LogP contribution in [0.25, 0.3) is 22.2 Å². The van der Waals surface area contributed by atoms with E-state index in [2.05, 4.69) is 39.8 Å². The molecule has 3 aromatic rings. The molecule has 3 aliphatic rings. The summed E-state index contributed by atoms with van der Waals surface area (Å²) in [5, 5.41) is 1.31. The zero-order valence-electron chi connectivity index (χ0n) is 20.2. The van der Waals surface area contributed by atoms with E-state index in [1.165, 1.54) is 84.6 Å². The van der Waals surface area contributed by atoms with Crippen molar-refractivity contribution in [2.75, 3.05) is 31.6 Å². The molecule has 1 atom stereocenters. The van der Waals surface area contributed by atoms with Gasteiger partial charge in [0.2, 0.25) is 0 Å². The van der Waals surface area contributed by atoms with Crippen LogP contribution in [0.5, 0.6) is 0 Å². The zero-order valence-corrected chi connectivity index (χ0v) is 20.2. The fraction of sp³-hybridized carbons (Fsp3) is 0.483. The smallest absolute Gasteiger partial charge is 0.337 e. The number of para-hydroxylation sites is 1. The Kier molecular flexibility index (Phi) is 5.60. The number of aromatic nitrogens is 1. The molecule has 1 unspecified atom stereocenters. The second kappa shape index (κ2) is 8.77. The molecule has 0 spiro atoms. The lowest BCUT2D eigenvalue weighted by Gasteiger charge is -2.36. The third-order valence-corrected chi connectivity index (χ3v) is 8.47. The zero-order chi connectivity index (χ0) is 23.2. The van der Waals surface area contributed by atoms with Crippen molar-refractivity contribution in [3.05, 3.63) is 53.1 Å². The van der Waals surface area contributed by atoms with Gasteiger partial charge in [0.25, 0.3) is 0 Å².